The van der Waals surface area contributed by atoms with Crippen molar-refractivity contribution in [2.75, 3.05) is 0 Å². The third-order valence-corrected chi connectivity index (χ3v) is 4.34. The summed E-state index contributed by atoms with van der Waals surface area (Å²) in [4.78, 5) is 11.7. The van der Waals surface area contributed by atoms with Crippen LogP contribution in [0.5, 0.6) is 0 Å². The number of hydrogen-bond acceptors (Lipinski definition) is 7. The SMILES string of the molecule is O=[N+]([O-])c1ccc(Cn2nnc(-c3cnn(-c4ccccc4)c3S)n2)cc1. The van der Waals surface area contributed by atoms with E-state index in [1.54, 1.807) is 23.0 Å². The molecule has 27 heavy (non-hydrogen) atoms. The Hall–Kier alpha value is -3.53. The van der Waals surface area contributed by atoms with Crippen molar-refractivity contribution in [2.24, 2.45) is 0 Å². The molecule has 9 nitrogen and oxygen atoms in total. The lowest BCUT2D eigenvalue weighted by Crippen LogP contribution is -2.04. The molecule has 0 aliphatic carbocycles. The van der Waals surface area contributed by atoms with Crippen molar-refractivity contribution in [3.05, 3.63) is 76.5 Å². The summed E-state index contributed by atoms with van der Waals surface area (Å²) in [5, 5.41) is 28.1. The van der Waals surface area contributed by atoms with Crippen LogP contribution in [0, 0.1) is 10.1 Å². The van der Waals surface area contributed by atoms with Gasteiger partial charge in [0, 0.05) is 12.1 Å². The molecular formula is C17H13N7O2S. The Morgan fingerprint density at radius 2 is 1.81 bits per heavy atom. The van der Waals surface area contributed by atoms with Crippen molar-refractivity contribution in [1.29, 1.82) is 0 Å². The largest absolute Gasteiger partial charge is 0.269 e. The highest BCUT2D eigenvalue weighted by molar-refractivity contribution is 7.80. The first-order chi connectivity index (χ1) is 13.1. The van der Waals surface area contributed by atoms with Crippen molar-refractivity contribution in [2.45, 2.75) is 11.6 Å². The van der Waals surface area contributed by atoms with Crippen molar-refractivity contribution in [3.8, 4) is 17.1 Å². The summed E-state index contributed by atoms with van der Waals surface area (Å²) in [6.45, 7) is 0.347. The highest BCUT2D eigenvalue weighted by atomic mass is 32.1. The highest BCUT2D eigenvalue weighted by Crippen LogP contribution is 2.25. The summed E-state index contributed by atoms with van der Waals surface area (Å²) in [5.74, 6) is 0.407. The van der Waals surface area contributed by atoms with Gasteiger partial charge < -0.3 is 0 Å². The molecule has 0 bridgehead atoms. The molecule has 4 rings (SSSR count). The second-order valence-corrected chi connectivity index (χ2v) is 6.12. The third-order valence-electron chi connectivity index (χ3n) is 3.91. The molecule has 2 heterocycles. The number of para-hydroxylation sites is 1. The fourth-order valence-corrected chi connectivity index (χ4v) is 2.89. The number of nitrogens with zero attached hydrogens (tertiary/aromatic N) is 7. The number of hydrogen-bond donors (Lipinski definition) is 1. The molecule has 0 aliphatic rings. The zero-order chi connectivity index (χ0) is 18.8. The van der Waals surface area contributed by atoms with Crippen molar-refractivity contribution < 1.29 is 4.92 Å². The number of non-ortho nitro benzene ring substituents is 1. The molecule has 0 unspecified atom stereocenters. The summed E-state index contributed by atoms with van der Waals surface area (Å²) in [6.07, 6.45) is 1.64. The number of benzene rings is 2. The summed E-state index contributed by atoms with van der Waals surface area (Å²) in [6, 6.07) is 15.8. The topological polar surface area (TPSA) is 105 Å². The van der Waals surface area contributed by atoms with Crippen LogP contribution in [0.4, 0.5) is 5.69 Å². The number of rotatable bonds is 5. The Morgan fingerprint density at radius 1 is 1.07 bits per heavy atom. The van der Waals surface area contributed by atoms with E-state index in [2.05, 4.69) is 33.1 Å². The molecule has 0 N–H and O–H groups in total. The molecule has 134 valence electrons. The van der Waals surface area contributed by atoms with Gasteiger partial charge in [0.25, 0.3) is 5.69 Å². The van der Waals surface area contributed by atoms with Gasteiger partial charge in [-0.25, -0.2) is 4.68 Å². The quantitative estimate of drug-likeness (QED) is 0.325. The van der Waals surface area contributed by atoms with Crippen LogP contribution < -0.4 is 0 Å². The van der Waals surface area contributed by atoms with Gasteiger partial charge >= 0.3 is 0 Å². The van der Waals surface area contributed by atoms with Crippen LogP contribution >= 0.6 is 12.6 Å². The molecule has 0 radical (unpaired) electrons. The highest BCUT2D eigenvalue weighted by Gasteiger charge is 2.15. The van der Waals surface area contributed by atoms with Gasteiger partial charge in [0.05, 0.1) is 28.9 Å². The fraction of sp³-hybridized carbons (Fsp3) is 0.0588. The molecule has 0 spiro atoms. The van der Waals surface area contributed by atoms with Gasteiger partial charge in [-0.05, 0) is 22.9 Å². The Kier molecular flexibility index (Phi) is 4.38. The second-order valence-electron chi connectivity index (χ2n) is 5.70. The zero-order valence-corrected chi connectivity index (χ0v) is 14.8. The lowest BCUT2D eigenvalue weighted by atomic mass is 10.2. The van der Waals surface area contributed by atoms with E-state index in [1.165, 1.54) is 16.9 Å². The van der Waals surface area contributed by atoms with E-state index in [1.807, 2.05) is 30.3 Å². The lowest BCUT2D eigenvalue weighted by Gasteiger charge is -2.03. The summed E-state index contributed by atoms with van der Waals surface area (Å²) in [7, 11) is 0. The van der Waals surface area contributed by atoms with Crippen LogP contribution in [0.3, 0.4) is 0 Å². The molecule has 2 aromatic carbocycles. The van der Waals surface area contributed by atoms with Gasteiger partial charge in [0.1, 0.15) is 5.03 Å². The monoisotopic (exact) mass is 379 g/mol. The number of aromatic nitrogens is 6. The minimum absolute atomic E-state index is 0.0408. The van der Waals surface area contributed by atoms with E-state index in [-0.39, 0.29) is 5.69 Å². The van der Waals surface area contributed by atoms with E-state index in [0.717, 1.165) is 11.3 Å². The summed E-state index contributed by atoms with van der Waals surface area (Å²) >= 11 is 4.54. The van der Waals surface area contributed by atoms with E-state index < -0.39 is 4.92 Å². The molecule has 0 saturated heterocycles. The maximum absolute atomic E-state index is 10.7. The average Bonchev–Trinajstić information content (AvgIpc) is 3.29. The molecular weight excluding hydrogens is 366 g/mol. The Morgan fingerprint density at radius 3 is 2.52 bits per heavy atom. The van der Waals surface area contributed by atoms with E-state index in [9.17, 15) is 10.1 Å². The van der Waals surface area contributed by atoms with Gasteiger partial charge in [-0.1, -0.05) is 30.3 Å². The minimum atomic E-state index is -0.436. The third kappa shape index (κ3) is 3.42. The molecule has 10 heteroatoms. The molecule has 0 amide bonds. The first-order valence-electron chi connectivity index (χ1n) is 7.96. The first-order valence-corrected chi connectivity index (χ1v) is 8.40. The lowest BCUT2D eigenvalue weighted by molar-refractivity contribution is -0.384. The maximum Gasteiger partial charge on any atom is 0.269 e. The van der Waals surface area contributed by atoms with Gasteiger partial charge in [-0.15, -0.1) is 22.8 Å². The summed E-state index contributed by atoms with van der Waals surface area (Å²) in [5.41, 5.74) is 2.42. The molecule has 2 aromatic heterocycles. The molecule has 0 fully saturated rings. The van der Waals surface area contributed by atoms with Crippen LogP contribution in [0.1, 0.15) is 5.56 Å². The van der Waals surface area contributed by atoms with Gasteiger partial charge in [0.15, 0.2) is 0 Å². The van der Waals surface area contributed by atoms with Crippen LogP contribution in [0.15, 0.2) is 65.8 Å². The van der Waals surface area contributed by atoms with Crippen molar-refractivity contribution in [3.63, 3.8) is 0 Å². The fourth-order valence-electron chi connectivity index (χ4n) is 2.56. The normalized spacial score (nSPS) is 10.9. The Bertz CT molecular complexity index is 1090. The predicted molar refractivity (Wildman–Crippen MR) is 99.8 cm³/mol. The second kappa shape index (κ2) is 7.00. The minimum Gasteiger partial charge on any atom is -0.258 e. The zero-order valence-electron chi connectivity index (χ0n) is 13.9. The standard InChI is InChI=1S/C17H13N7O2S/c25-24(26)14-8-6-12(7-9-14)11-22-20-16(19-21-22)15-10-18-23(17(15)27)13-4-2-1-3-5-13/h1-10,27H,11H2. The van der Waals surface area contributed by atoms with Crippen molar-refractivity contribution >= 4 is 18.3 Å². The van der Waals surface area contributed by atoms with E-state index in [4.69, 9.17) is 0 Å². The Balaban J connectivity index is 1.56. The average molecular weight is 379 g/mol. The molecule has 0 aliphatic heterocycles. The van der Waals surface area contributed by atoms with E-state index >= 15 is 0 Å². The van der Waals surface area contributed by atoms with Crippen LogP contribution in [-0.2, 0) is 6.54 Å². The van der Waals surface area contributed by atoms with Crippen LogP contribution in [0.25, 0.3) is 17.1 Å². The van der Waals surface area contributed by atoms with Gasteiger partial charge in [0.2, 0.25) is 5.82 Å². The molecule has 4 aromatic rings. The smallest absolute Gasteiger partial charge is 0.258 e. The summed E-state index contributed by atoms with van der Waals surface area (Å²) < 4.78 is 1.69. The number of tetrazole rings is 1. The number of thiol groups is 1. The molecule has 0 atom stereocenters. The maximum atomic E-state index is 10.7. The molecule has 0 saturated carbocycles. The van der Waals surface area contributed by atoms with Crippen LogP contribution in [-0.4, -0.2) is 34.9 Å². The van der Waals surface area contributed by atoms with Crippen molar-refractivity contribution in [1.82, 2.24) is 30.0 Å². The van der Waals surface area contributed by atoms with Gasteiger partial charge in [-0.2, -0.15) is 9.90 Å². The Labute approximate surface area is 158 Å². The van der Waals surface area contributed by atoms with Gasteiger partial charge in [-0.3, -0.25) is 10.1 Å². The number of nitro benzene ring substituents is 1. The van der Waals surface area contributed by atoms with E-state index in [0.29, 0.717) is 23.0 Å². The number of nitro groups is 1. The van der Waals surface area contributed by atoms with Crippen LogP contribution in [0.2, 0.25) is 0 Å². The first kappa shape index (κ1) is 16.9. The predicted octanol–water partition coefficient (Wildman–Crippen LogP) is 2.77.